The Morgan fingerprint density at radius 3 is 2.53 bits per heavy atom. The fraction of sp³-hybridized carbons (Fsp3) is 0.308. The van der Waals surface area contributed by atoms with E-state index in [0.29, 0.717) is 6.54 Å². The van der Waals surface area contributed by atoms with Gasteiger partial charge in [-0.2, -0.15) is 9.40 Å². The number of nitrogens with one attached hydrogen (secondary N) is 1. The molecule has 0 spiro atoms. The van der Waals surface area contributed by atoms with Gasteiger partial charge in [0.05, 0.1) is 6.20 Å². The topological polar surface area (TPSA) is 66.1 Å². The second-order valence-electron chi connectivity index (χ2n) is 4.69. The van der Waals surface area contributed by atoms with E-state index in [1.54, 1.807) is 4.31 Å². The van der Waals surface area contributed by atoms with Crippen molar-refractivity contribution in [3.63, 3.8) is 0 Å². The van der Waals surface area contributed by atoms with Gasteiger partial charge in [0.25, 0.3) is 10.0 Å². The molecule has 0 radical (unpaired) electrons. The summed E-state index contributed by atoms with van der Waals surface area (Å²) in [5.41, 5.74) is 0.998. The number of hydrogen-bond acceptors (Lipinski definition) is 3. The second-order valence-corrected chi connectivity index (χ2v) is 6.55. The summed E-state index contributed by atoms with van der Waals surface area (Å²) in [4.78, 5) is 0. The van der Waals surface area contributed by atoms with Crippen molar-refractivity contribution in [1.82, 2.24) is 14.5 Å². The molecule has 19 heavy (non-hydrogen) atoms. The number of sulfonamides is 1. The Morgan fingerprint density at radius 1 is 1.21 bits per heavy atom. The van der Waals surface area contributed by atoms with Gasteiger partial charge < -0.3 is 0 Å². The summed E-state index contributed by atoms with van der Waals surface area (Å²) >= 11 is 0. The molecule has 5 nitrogen and oxygen atoms in total. The summed E-state index contributed by atoms with van der Waals surface area (Å²) in [5.74, 6) is 0. The molecule has 0 amide bonds. The fourth-order valence-corrected chi connectivity index (χ4v) is 3.63. The molecule has 1 N–H and O–H groups in total. The van der Waals surface area contributed by atoms with Crippen LogP contribution >= 0.6 is 0 Å². The Bertz CT molecular complexity index is 634. The van der Waals surface area contributed by atoms with Gasteiger partial charge in [0.15, 0.2) is 5.03 Å². The van der Waals surface area contributed by atoms with Crippen molar-refractivity contribution in [3.05, 3.63) is 48.2 Å². The van der Waals surface area contributed by atoms with Crippen molar-refractivity contribution in [2.24, 2.45) is 0 Å². The van der Waals surface area contributed by atoms with Crippen LogP contribution < -0.4 is 0 Å². The zero-order chi connectivity index (χ0) is 13.3. The molecule has 6 heteroatoms. The monoisotopic (exact) mass is 277 g/mol. The molecular formula is C13H15N3O2S. The molecule has 0 bridgehead atoms. The third-order valence-corrected chi connectivity index (χ3v) is 5.03. The van der Waals surface area contributed by atoms with Crippen molar-refractivity contribution < 1.29 is 8.42 Å². The van der Waals surface area contributed by atoms with Gasteiger partial charge in [0.1, 0.15) is 0 Å². The van der Waals surface area contributed by atoms with Crippen LogP contribution in [0.1, 0.15) is 18.4 Å². The SMILES string of the molecule is O=S(=O)(c1ccn[nH]1)N(Cc1ccccc1)C1CC1. The highest BCUT2D eigenvalue weighted by Crippen LogP contribution is 2.32. The predicted octanol–water partition coefficient (Wildman–Crippen LogP) is 1.76. The van der Waals surface area contributed by atoms with E-state index in [-0.39, 0.29) is 11.1 Å². The van der Waals surface area contributed by atoms with Gasteiger partial charge in [0.2, 0.25) is 0 Å². The quantitative estimate of drug-likeness (QED) is 0.905. The van der Waals surface area contributed by atoms with Crippen LogP contribution in [0.25, 0.3) is 0 Å². The summed E-state index contributed by atoms with van der Waals surface area (Å²) in [7, 11) is -3.48. The summed E-state index contributed by atoms with van der Waals surface area (Å²) in [6, 6.07) is 11.3. The van der Waals surface area contributed by atoms with Gasteiger partial charge in [-0.05, 0) is 24.5 Å². The van der Waals surface area contributed by atoms with Crippen LogP contribution in [0.5, 0.6) is 0 Å². The zero-order valence-corrected chi connectivity index (χ0v) is 11.2. The van der Waals surface area contributed by atoms with Crippen molar-refractivity contribution >= 4 is 10.0 Å². The maximum atomic E-state index is 12.5. The van der Waals surface area contributed by atoms with Gasteiger partial charge in [-0.15, -0.1) is 0 Å². The lowest BCUT2D eigenvalue weighted by Gasteiger charge is -2.20. The second kappa shape index (κ2) is 4.79. The standard InChI is InChI=1S/C13H15N3O2S/c17-19(18,13-8-9-14-15-13)16(12-6-7-12)10-11-4-2-1-3-5-11/h1-5,8-9,12H,6-7,10H2,(H,14,15). The lowest BCUT2D eigenvalue weighted by Crippen LogP contribution is -2.32. The van der Waals surface area contributed by atoms with Crippen LogP contribution in [0.2, 0.25) is 0 Å². The van der Waals surface area contributed by atoms with Crippen molar-refractivity contribution in [3.8, 4) is 0 Å². The highest BCUT2D eigenvalue weighted by Gasteiger charge is 2.38. The van der Waals surface area contributed by atoms with E-state index in [2.05, 4.69) is 10.2 Å². The summed E-state index contributed by atoms with van der Waals surface area (Å²) in [6.45, 7) is 0.410. The molecule has 1 aromatic heterocycles. The lowest BCUT2D eigenvalue weighted by molar-refractivity contribution is 0.396. The zero-order valence-electron chi connectivity index (χ0n) is 10.4. The molecule has 2 aromatic rings. The van der Waals surface area contributed by atoms with E-state index in [1.165, 1.54) is 12.3 Å². The molecule has 100 valence electrons. The number of nitrogens with zero attached hydrogens (tertiary/aromatic N) is 2. The van der Waals surface area contributed by atoms with Crippen molar-refractivity contribution in [2.75, 3.05) is 0 Å². The van der Waals surface area contributed by atoms with E-state index in [0.717, 1.165) is 18.4 Å². The van der Waals surface area contributed by atoms with Crippen LogP contribution in [0.4, 0.5) is 0 Å². The van der Waals surface area contributed by atoms with E-state index in [9.17, 15) is 8.42 Å². The Labute approximate surface area is 112 Å². The first-order chi connectivity index (χ1) is 9.18. The molecule has 3 rings (SSSR count). The van der Waals surface area contributed by atoms with E-state index in [1.807, 2.05) is 30.3 Å². The van der Waals surface area contributed by atoms with Crippen molar-refractivity contribution in [2.45, 2.75) is 30.5 Å². The summed E-state index contributed by atoms with van der Waals surface area (Å²) < 4.78 is 26.6. The minimum Gasteiger partial charge on any atom is -0.266 e. The number of H-pyrrole nitrogens is 1. The van der Waals surface area contributed by atoms with Gasteiger partial charge >= 0.3 is 0 Å². The molecule has 1 fully saturated rings. The highest BCUT2D eigenvalue weighted by atomic mass is 32.2. The Balaban J connectivity index is 1.90. The smallest absolute Gasteiger partial charge is 0.260 e. The average molecular weight is 277 g/mol. The number of hydrogen-bond donors (Lipinski definition) is 1. The van der Waals surface area contributed by atoms with Gasteiger partial charge in [-0.3, -0.25) is 5.10 Å². The predicted molar refractivity (Wildman–Crippen MR) is 70.8 cm³/mol. The molecular weight excluding hydrogens is 262 g/mol. The number of aromatic nitrogens is 2. The molecule has 0 unspecified atom stereocenters. The maximum absolute atomic E-state index is 12.5. The minimum atomic E-state index is -3.48. The van der Waals surface area contributed by atoms with E-state index < -0.39 is 10.0 Å². The van der Waals surface area contributed by atoms with Crippen LogP contribution in [0.3, 0.4) is 0 Å². The Kier molecular flexibility index (Phi) is 3.12. The summed E-state index contributed by atoms with van der Waals surface area (Å²) in [5, 5.41) is 6.44. The normalized spacial score (nSPS) is 15.8. The minimum absolute atomic E-state index is 0.119. The third-order valence-electron chi connectivity index (χ3n) is 3.20. The molecule has 1 saturated carbocycles. The van der Waals surface area contributed by atoms with Gasteiger partial charge in [0, 0.05) is 12.6 Å². The first-order valence-corrected chi connectivity index (χ1v) is 7.67. The number of aromatic amines is 1. The van der Waals surface area contributed by atoms with Crippen LogP contribution in [0, 0.1) is 0 Å². The molecule has 1 aliphatic carbocycles. The van der Waals surface area contributed by atoms with Crippen molar-refractivity contribution in [1.29, 1.82) is 0 Å². The van der Waals surface area contributed by atoms with E-state index in [4.69, 9.17) is 0 Å². The fourth-order valence-electron chi connectivity index (χ4n) is 2.05. The number of benzene rings is 1. The maximum Gasteiger partial charge on any atom is 0.260 e. The third kappa shape index (κ3) is 2.54. The Morgan fingerprint density at radius 2 is 1.95 bits per heavy atom. The molecule has 1 aliphatic rings. The van der Waals surface area contributed by atoms with E-state index >= 15 is 0 Å². The number of rotatable bonds is 5. The Hall–Kier alpha value is -1.66. The molecule has 0 saturated heterocycles. The van der Waals surface area contributed by atoms with Crippen LogP contribution in [-0.2, 0) is 16.6 Å². The highest BCUT2D eigenvalue weighted by molar-refractivity contribution is 7.89. The van der Waals surface area contributed by atoms with Gasteiger partial charge in [-0.1, -0.05) is 30.3 Å². The first kappa shape index (κ1) is 12.4. The average Bonchev–Trinajstić information content (AvgIpc) is 3.09. The molecule has 0 atom stereocenters. The lowest BCUT2D eigenvalue weighted by atomic mass is 10.2. The van der Waals surface area contributed by atoms with Crippen LogP contribution in [-0.4, -0.2) is 29.0 Å². The largest absolute Gasteiger partial charge is 0.266 e. The van der Waals surface area contributed by atoms with Gasteiger partial charge in [-0.25, -0.2) is 8.42 Å². The molecule has 0 aliphatic heterocycles. The molecule has 1 heterocycles. The summed E-state index contributed by atoms with van der Waals surface area (Å²) in [6.07, 6.45) is 3.32. The molecule has 1 aromatic carbocycles. The first-order valence-electron chi connectivity index (χ1n) is 6.23. The van der Waals surface area contributed by atoms with Crippen LogP contribution in [0.15, 0.2) is 47.6 Å².